The van der Waals surface area contributed by atoms with E-state index in [-0.39, 0.29) is 11.8 Å². The quantitative estimate of drug-likeness (QED) is 0.838. The Morgan fingerprint density at radius 1 is 1.16 bits per heavy atom. The molecule has 1 heterocycles. The fraction of sp³-hybridized carbons (Fsp3) is 0.381. The van der Waals surface area contributed by atoms with Gasteiger partial charge in [0, 0.05) is 23.8 Å². The zero-order valence-electron chi connectivity index (χ0n) is 14.7. The predicted octanol–water partition coefficient (Wildman–Crippen LogP) is 4.75. The summed E-state index contributed by atoms with van der Waals surface area (Å²) in [6.07, 6.45) is 2.90. The number of hydrogen-bond donors (Lipinski definition) is 1. The van der Waals surface area contributed by atoms with Gasteiger partial charge in [0.25, 0.3) is 0 Å². The highest BCUT2D eigenvalue weighted by Gasteiger charge is 2.26. The highest BCUT2D eigenvalue weighted by atomic mass is 35.5. The van der Waals surface area contributed by atoms with Crippen LogP contribution < -0.4 is 5.32 Å². The largest absolute Gasteiger partial charge is 0.326 e. The molecule has 1 N–H and O–H groups in total. The van der Waals surface area contributed by atoms with Crippen molar-refractivity contribution in [1.82, 2.24) is 4.90 Å². The highest BCUT2D eigenvalue weighted by molar-refractivity contribution is 6.31. The minimum Gasteiger partial charge on any atom is -0.326 e. The summed E-state index contributed by atoms with van der Waals surface area (Å²) >= 11 is 6.28. The van der Waals surface area contributed by atoms with Crippen LogP contribution in [0.15, 0.2) is 48.5 Å². The van der Waals surface area contributed by atoms with Crippen molar-refractivity contribution in [2.75, 3.05) is 18.4 Å². The van der Waals surface area contributed by atoms with Crippen molar-refractivity contribution in [3.05, 3.63) is 64.7 Å². The predicted molar refractivity (Wildman–Crippen MR) is 104 cm³/mol. The average molecular weight is 357 g/mol. The van der Waals surface area contributed by atoms with Gasteiger partial charge in [-0.05, 0) is 49.1 Å². The van der Waals surface area contributed by atoms with Crippen LogP contribution in [0.2, 0.25) is 5.02 Å². The van der Waals surface area contributed by atoms with Crippen molar-refractivity contribution in [2.45, 2.75) is 32.7 Å². The third-order valence-electron chi connectivity index (χ3n) is 4.88. The van der Waals surface area contributed by atoms with Crippen LogP contribution in [0.4, 0.5) is 5.69 Å². The molecule has 25 heavy (non-hydrogen) atoms. The summed E-state index contributed by atoms with van der Waals surface area (Å²) in [6, 6.07) is 16.0. The molecule has 0 aliphatic carbocycles. The Labute approximate surface area is 155 Å². The number of amides is 1. The first-order chi connectivity index (χ1) is 12.2. The summed E-state index contributed by atoms with van der Waals surface area (Å²) in [5, 5.41) is 3.93. The number of rotatable bonds is 5. The molecule has 1 saturated heterocycles. The van der Waals surface area contributed by atoms with Crippen molar-refractivity contribution >= 4 is 23.2 Å². The first kappa shape index (κ1) is 18.0. The van der Waals surface area contributed by atoms with Gasteiger partial charge in [-0.25, -0.2) is 0 Å². The number of para-hydroxylation sites is 1. The number of likely N-dealkylation sites (tertiary alicyclic amines) is 1. The van der Waals surface area contributed by atoms with Crippen LogP contribution in [0.1, 0.15) is 30.9 Å². The molecular weight excluding hydrogens is 332 g/mol. The number of piperidine rings is 1. The fourth-order valence-electron chi connectivity index (χ4n) is 3.47. The topological polar surface area (TPSA) is 32.3 Å². The monoisotopic (exact) mass is 356 g/mol. The van der Waals surface area contributed by atoms with E-state index in [0.29, 0.717) is 0 Å². The van der Waals surface area contributed by atoms with Gasteiger partial charge in [-0.3, -0.25) is 9.69 Å². The third-order valence-corrected chi connectivity index (χ3v) is 5.25. The van der Waals surface area contributed by atoms with Gasteiger partial charge in [0.1, 0.15) is 0 Å². The Bertz CT molecular complexity index is 731. The molecule has 0 saturated carbocycles. The summed E-state index contributed by atoms with van der Waals surface area (Å²) in [4.78, 5) is 15.1. The van der Waals surface area contributed by atoms with E-state index >= 15 is 0 Å². The molecule has 1 aliphatic heterocycles. The first-order valence-electron chi connectivity index (χ1n) is 9.02. The lowest BCUT2D eigenvalue weighted by Gasteiger charge is -2.32. The zero-order chi connectivity index (χ0) is 17.6. The van der Waals surface area contributed by atoms with Gasteiger partial charge < -0.3 is 5.32 Å². The minimum absolute atomic E-state index is 0.0288. The fourth-order valence-corrected chi connectivity index (χ4v) is 3.66. The molecule has 3 rings (SSSR count). The second-order valence-electron chi connectivity index (χ2n) is 6.67. The number of aryl methyl sites for hydroxylation is 1. The van der Waals surface area contributed by atoms with Crippen LogP contribution in [0.3, 0.4) is 0 Å². The second-order valence-corrected chi connectivity index (χ2v) is 7.07. The normalized spacial score (nSPS) is 18.1. The van der Waals surface area contributed by atoms with Gasteiger partial charge in [0.05, 0.1) is 5.92 Å². The number of anilines is 1. The van der Waals surface area contributed by atoms with Crippen molar-refractivity contribution < 1.29 is 4.79 Å². The molecule has 2 aromatic carbocycles. The Morgan fingerprint density at radius 3 is 2.64 bits per heavy atom. The molecule has 1 fully saturated rings. The summed E-state index contributed by atoms with van der Waals surface area (Å²) in [5.74, 6) is 0.158. The summed E-state index contributed by atoms with van der Waals surface area (Å²) < 4.78 is 0. The number of hydrogen-bond acceptors (Lipinski definition) is 2. The highest BCUT2D eigenvalue weighted by Crippen LogP contribution is 2.24. The average Bonchev–Trinajstić information content (AvgIpc) is 2.64. The van der Waals surface area contributed by atoms with Crippen molar-refractivity contribution in [2.24, 2.45) is 5.92 Å². The number of nitrogens with zero attached hydrogens (tertiary/aromatic N) is 1. The van der Waals surface area contributed by atoms with E-state index in [2.05, 4.69) is 29.3 Å². The summed E-state index contributed by atoms with van der Waals surface area (Å²) in [7, 11) is 0. The first-order valence-corrected chi connectivity index (χ1v) is 9.39. The molecule has 4 heteroatoms. The van der Waals surface area contributed by atoms with E-state index in [4.69, 9.17) is 11.6 Å². The Morgan fingerprint density at radius 2 is 1.88 bits per heavy atom. The van der Waals surface area contributed by atoms with Gasteiger partial charge in [-0.1, -0.05) is 54.9 Å². The van der Waals surface area contributed by atoms with E-state index < -0.39 is 0 Å². The number of halogens is 1. The third kappa shape index (κ3) is 4.62. The van der Waals surface area contributed by atoms with Gasteiger partial charge in [-0.2, -0.15) is 0 Å². The zero-order valence-corrected chi connectivity index (χ0v) is 15.4. The van der Waals surface area contributed by atoms with Crippen LogP contribution in [0, 0.1) is 5.92 Å². The van der Waals surface area contributed by atoms with Crippen molar-refractivity contribution in [3.8, 4) is 0 Å². The van der Waals surface area contributed by atoms with Crippen LogP contribution >= 0.6 is 11.6 Å². The van der Waals surface area contributed by atoms with E-state index in [9.17, 15) is 4.79 Å². The Hall–Kier alpha value is -1.84. The lowest BCUT2D eigenvalue weighted by molar-refractivity contribution is -0.121. The molecule has 132 valence electrons. The van der Waals surface area contributed by atoms with Crippen molar-refractivity contribution in [1.29, 1.82) is 0 Å². The lowest BCUT2D eigenvalue weighted by atomic mass is 9.96. The SMILES string of the molecule is CCc1ccccc1NC(=O)C1CCCN(Cc2ccccc2Cl)C1. The maximum Gasteiger partial charge on any atom is 0.228 e. The minimum atomic E-state index is 0.0288. The van der Waals surface area contributed by atoms with E-state index in [0.717, 1.165) is 55.2 Å². The number of carbonyl (C=O) groups is 1. The van der Waals surface area contributed by atoms with E-state index in [1.54, 1.807) is 0 Å². The van der Waals surface area contributed by atoms with Crippen LogP contribution in [0.5, 0.6) is 0 Å². The molecule has 1 atom stereocenters. The molecule has 3 nitrogen and oxygen atoms in total. The summed E-state index contributed by atoms with van der Waals surface area (Å²) in [6.45, 7) is 4.71. The maximum absolute atomic E-state index is 12.7. The Kier molecular flexibility index (Phi) is 6.11. The van der Waals surface area contributed by atoms with Gasteiger partial charge >= 0.3 is 0 Å². The van der Waals surface area contributed by atoms with E-state index in [1.807, 2.05) is 36.4 Å². The van der Waals surface area contributed by atoms with Gasteiger partial charge in [0.2, 0.25) is 5.91 Å². The van der Waals surface area contributed by atoms with Crippen LogP contribution in [-0.2, 0) is 17.8 Å². The van der Waals surface area contributed by atoms with E-state index in [1.165, 1.54) is 5.56 Å². The van der Waals surface area contributed by atoms with Crippen LogP contribution in [0.25, 0.3) is 0 Å². The van der Waals surface area contributed by atoms with Gasteiger partial charge in [-0.15, -0.1) is 0 Å². The maximum atomic E-state index is 12.7. The molecule has 1 aliphatic rings. The van der Waals surface area contributed by atoms with Crippen molar-refractivity contribution in [3.63, 3.8) is 0 Å². The van der Waals surface area contributed by atoms with Gasteiger partial charge in [0.15, 0.2) is 0 Å². The number of carbonyl (C=O) groups excluding carboxylic acids is 1. The molecule has 1 amide bonds. The lowest BCUT2D eigenvalue weighted by Crippen LogP contribution is -2.40. The molecule has 0 radical (unpaired) electrons. The number of benzene rings is 2. The number of nitrogens with one attached hydrogen (secondary N) is 1. The second kappa shape index (κ2) is 8.50. The standard InChI is InChI=1S/C21H25ClN2O/c1-2-16-8-4-6-12-20(16)23-21(25)18-10-7-13-24(15-18)14-17-9-3-5-11-19(17)22/h3-6,8-9,11-12,18H,2,7,10,13-15H2,1H3,(H,23,25). The molecule has 1 unspecified atom stereocenters. The molecule has 0 aromatic heterocycles. The smallest absolute Gasteiger partial charge is 0.228 e. The molecule has 0 spiro atoms. The molecule has 2 aromatic rings. The Balaban J connectivity index is 1.63. The van der Waals surface area contributed by atoms with Crippen LogP contribution in [-0.4, -0.2) is 23.9 Å². The molecule has 0 bridgehead atoms. The molecular formula is C21H25ClN2O. The summed E-state index contributed by atoms with van der Waals surface area (Å²) in [5.41, 5.74) is 3.25.